The van der Waals surface area contributed by atoms with Crippen LogP contribution in [0.4, 0.5) is 5.95 Å². The minimum Gasteiger partial charge on any atom is -0.463 e. The molecule has 0 saturated heterocycles. The molecule has 1 heterocycles. The standard InChI is InChI=1S/C13H12ClN3O4/c1-2-21-12(18)10-4-3-9(14)5-11(10)8-6-15-13(16-7-8)17(19)20/h5-7H,2-4H2,1H3. The predicted molar refractivity (Wildman–Crippen MR) is 75.4 cm³/mol. The first-order valence-corrected chi connectivity index (χ1v) is 6.64. The van der Waals surface area contributed by atoms with Gasteiger partial charge in [-0.1, -0.05) is 21.6 Å². The van der Waals surface area contributed by atoms with Crippen molar-refractivity contribution in [1.82, 2.24) is 9.97 Å². The third-order valence-corrected chi connectivity index (χ3v) is 3.17. The number of carbonyl (C=O) groups excluding carboxylic acids is 1. The molecule has 1 aliphatic carbocycles. The lowest BCUT2D eigenvalue weighted by Crippen LogP contribution is -2.12. The molecule has 0 fully saturated rings. The van der Waals surface area contributed by atoms with Crippen LogP contribution in [0.15, 0.2) is 29.1 Å². The Balaban J connectivity index is 2.44. The van der Waals surface area contributed by atoms with Crippen molar-refractivity contribution in [3.05, 3.63) is 44.8 Å². The van der Waals surface area contributed by atoms with Gasteiger partial charge in [0.15, 0.2) is 0 Å². The smallest absolute Gasteiger partial charge is 0.463 e. The number of ether oxygens (including phenoxy) is 1. The highest BCUT2D eigenvalue weighted by atomic mass is 35.5. The third-order valence-electron chi connectivity index (χ3n) is 2.87. The first-order valence-electron chi connectivity index (χ1n) is 6.26. The predicted octanol–water partition coefficient (Wildman–Crippen LogP) is 2.62. The van der Waals surface area contributed by atoms with Gasteiger partial charge in [-0.25, -0.2) is 4.79 Å². The Morgan fingerprint density at radius 2 is 2.10 bits per heavy atom. The van der Waals surface area contributed by atoms with Crippen molar-refractivity contribution in [3.8, 4) is 0 Å². The van der Waals surface area contributed by atoms with Gasteiger partial charge in [-0.15, -0.1) is 0 Å². The molecule has 2 rings (SSSR count). The van der Waals surface area contributed by atoms with Crippen LogP contribution in [0.2, 0.25) is 0 Å². The Bertz CT molecular complexity index is 637. The number of hydrogen-bond donors (Lipinski definition) is 0. The fraction of sp³-hybridized carbons (Fsp3) is 0.308. The lowest BCUT2D eigenvalue weighted by Gasteiger charge is -2.15. The van der Waals surface area contributed by atoms with Crippen molar-refractivity contribution in [2.24, 2.45) is 0 Å². The summed E-state index contributed by atoms with van der Waals surface area (Å²) in [5, 5.41) is 11.2. The number of rotatable bonds is 4. The average molecular weight is 310 g/mol. The summed E-state index contributed by atoms with van der Waals surface area (Å²) < 4.78 is 5.01. The van der Waals surface area contributed by atoms with Crippen molar-refractivity contribution in [3.63, 3.8) is 0 Å². The Labute approximate surface area is 125 Å². The Kier molecular flexibility index (Phi) is 4.64. The van der Waals surface area contributed by atoms with Crippen LogP contribution < -0.4 is 0 Å². The van der Waals surface area contributed by atoms with Gasteiger partial charge >= 0.3 is 11.9 Å². The number of esters is 1. The third kappa shape index (κ3) is 3.43. The Hall–Kier alpha value is -2.28. The number of halogens is 1. The molecule has 8 heteroatoms. The molecule has 0 bridgehead atoms. The monoisotopic (exact) mass is 309 g/mol. The molecule has 0 unspecified atom stereocenters. The summed E-state index contributed by atoms with van der Waals surface area (Å²) in [6.45, 7) is 1.99. The lowest BCUT2D eigenvalue weighted by molar-refractivity contribution is -0.394. The molecule has 0 aromatic carbocycles. The van der Waals surface area contributed by atoms with Gasteiger partial charge in [0.05, 0.1) is 12.2 Å². The normalized spacial score (nSPS) is 14.7. The summed E-state index contributed by atoms with van der Waals surface area (Å²) in [7, 11) is 0. The van der Waals surface area contributed by atoms with Crippen LogP contribution in [0, 0.1) is 10.1 Å². The molecule has 0 radical (unpaired) electrons. The van der Waals surface area contributed by atoms with Crippen molar-refractivity contribution in [2.75, 3.05) is 6.61 Å². The van der Waals surface area contributed by atoms with E-state index in [4.69, 9.17) is 16.3 Å². The van der Waals surface area contributed by atoms with E-state index in [0.29, 0.717) is 34.6 Å². The summed E-state index contributed by atoms with van der Waals surface area (Å²) in [5.41, 5.74) is 1.50. The summed E-state index contributed by atoms with van der Waals surface area (Å²) in [4.78, 5) is 29.1. The quantitative estimate of drug-likeness (QED) is 0.482. The van der Waals surface area contributed by atoms with Gasteiger partial charge in [-0.2, -0.15) is 0 Å². The first kappa shape index (κ1) is 15.1. The van der Waals surface area contributed by atoms with Gasteiger partial charge in [-0.05, 0) is 36.3 Å². The molecular formula is C13H12ClN3O4. The molecular weight excluding hydrogens is 298 g/mol. The van der Waals surface area contributed by atoms with E-state index in [2.05, 4.69) is 9.97 Å². The van der Waals surface area contributed by atoms with E-state index >= 15 is 0 Å². The molecule has 0 saturated carbocycles. The van der Waals surface area contributed by atoms with E-state index in [1.807, 2.05) is 0 Å². The average Bonchev–Trinajstić information content (AvgIpc) is 2.47. The van der Waals surface area contributed by atoms with Crippen LogP contribution >= 0.6 is 11.6 Å². The number of allylic oxidation sites excluding steroid dienone is 3. The second-order valence-electron chi connectivity index (χ2n) is 4.23. The van der Waals surface area contributed by atoms with Gasteiger partial charge in [0.2, 0.25) is 0 Å². The molecule has 0 spiro atoms. The zero-order chi connectivity index (χ0) is 15.4. The van der Waals surface area contributed by atoms with Gasteiger partial charge in [-0.3, -0.25) is 0 Å². The number of nitro groups is 1. The zero-order valence-corrected chi connectivity index (χ0v) is 12.0. The zero-order valence-electron chi connectivity index (χ0n) is 11.2. The molecule has 7 nitrogen and oxygen atoms in total. The van der Waals surface area contributed by atoms with E-state index in [0.717, 1.165) is 0 Å². The van der Waals surface area contributed by atoms with E-state index in [9.17, 15) is 14.9 Å². The highest BCUT2D eigenvalue weighted by Gasteiger charge is 2.23. The molecule has 110 valence electrons. The Morgan fingerprint density at radius 1 is 1.43 bits per heavy atom. The number of hydrogen-bond acceptors (Lipinski definition) is 6. The molecule has 1 aromatic rings. The van der Waals surface area contributed by atoms with Crippen LogP contribution in [0.25, 0.3) is 5.57 Å². The minimum atomic E-state index is -0.686. The Morgan fingerprint density at radius 3 is 2.67 bits per heavy atom. The van der Waals surface area contributed by atoms with Gasteiger partial charge in [0, 0.05) is 10.6 Å². The highest BCUT2D eigenvalue weighted by molar-refractivity contribution is 6.30. The van der Waals surface area contributed by atoms with Gasteiger partial charge < -0.3 is 14.9 Å². The SMILES string of the molecule is CCOC(=O)C1=C(c2cnc([N+](=O)[O-])nc2)C=C(Cl)CC1. The topological polar surface area (TPSA) is 95.2 Å². The first-order chi connectivity index (χ1) is 10.0. The van der Waals surface area contributed by atoms with Crippen LogP contribution in [0.5, 0.6) is 0 Å². The summed E-state index contributed by atoms with van der Waals surface area (Å²) >= 11 is 6.02. The van der Waals surface area contributed by atoms with E-state index in [1.54, 1.807) is 13.0 Å². The maximum atomic E-state index is 12.0. The fourth-order valence-electron chi connectivity index (χ4n) is 1.94. The molecule has 0 N–H and O–H groups in total. The van der Waals surface area contributed by atoms with Gasteiger partial charge in [0.25, 0.3) is 0 Å². The van der Waals surface area contributed by atoms with Crippen LogP contribution in [0.3, 0.4) is 0 Å². The molecule has 0 atom stereocenters. The van der Waals surface area contributed by atoms with Crippen molar-refractivity contribution >= 4 is 29.1 Å². The van der Waals surface area contributed by atoms with Crippen molar-refractivity contribution < 1.29 is 14.5 Å². The summed E-state index contributed by atoms with van der Waals surface area (Å²) in [6, 6.07) is 0. The van der Waals surface area contributed by atoms with Crippen molar-refractivity contribution in [2.45, 2.75) is 19.8 Å². The van der Waals surface area contributed by atoms with Gasteiger partial charge in [0.1, 0.15) is 12.4 Å². The summed E-state index contributed by atoms with van der Waals surface area (Å²) in [5.74, 6) is -0.922. The number of nitrogens with zero attached hydrogens (tertiary/aromatic N) is 3. The maximum absolute atomic E-state index is 12.0. The lowest BCUT2D eigenvalue weighted by atomic mass is 9.93. The molecule has 21 heavy (non-hydrogen) atoms. The van der Waals surface area contributed by atoms with Crippen LogP contribution in [-0.4, -0.2) is 27.5 Å². The summed E-state index contributed by atoms with van der Waals surface area (Å²) in [6.07, 6.45) is 5.23. The highest BCUT2D eigenvalue weighted by Crippen LogP contribution is 2.32. The molecule has 0 amide bonds. The van der Waals surface area contributed by atoms with Crippen molar-refractivity contribution in [1.29, 1.82) is 0 Å². The molecule has 1 aliphatic rings. The fourth-order valence-corrected chi connectivity index (χ4v) is 2.14. The maximum Gasteiger partial charge on any atom is 0.468 e. The minimum absolute atomic E-state index is 0.268. The molecule has 1 aromatic heterocycles. The van der Waals surface area contributed by atoms with E-state index in [-0.39, 0.29) is 6.61 Å². The van der Waals surface area contributed by atoms with Crippen LogP contribution in [0.1, 0.15) is 25.3 Å². The number of aromatic nitrogens is 2. The largest absolute Gasteiger partial charge is 0.468 e. The van der Waals surface area contributed by atoms with Crippen LogP contribution in [-0.2, 0) is 9.53 Å². The second-order valence-corrected chi connectivity index (χ2v) is 4.72. The van der Waals surface area contributed by atoms with E-state index < -0.39 is 16.8 Å². The number of carbonyl (C=O) groups is 1. The molecule has 0 aliphatic heterocycles. The second kappa shape index (κ2) is 6.45. The van der Waals surface area contributed by atoms with E-state index in [1.165, 1.54) is 12.4 Å².